The smallest absolute Gasteiger partial charge is 1.00 e. The summed E-state index contributed by atoms with van der Waals surface area (Å²) in [5.74, 6) is 2.68. The molecule has 0 nitrogen and oxygen atoms in total. The van der Waals surface area contributed by atoms with Gasteiger partial charge in [-0.2, -0.15) is 34.4 Å². The van der Waals surface area contributed by atoms with Crippen LogP contribution in [0.3, 0.4) is 0 Å². The standard InChI is InChI=1S/2C11H17.2ClH.Ti/c2*1-8(2)10-6-5-7-11(10)9(3)4;;;/h2*5-9H,1-4H3;2*1H;/q2*-1;;;+4/p-2. The van der Waals surface area contributed by atoms with E-state index >= 15 is 0 Å². The first kappa shape index (κ1) is 29.7. The average molecular weight is 417 g/mol. The molecule has 0 N–H and O–H groups in total. The second-order valence-corrected chi connectivity index (χ2v) is 7.49. The van der Waals surface area contributed by atoms with Gasteiger partial charge in [0.25, 0.3) is 0 Å². The second-order valence-electron chi connectivity index (χ2n) is 7.49. The first-order valence-electron chi connectivity index (χ1n) is 8.76. The summed E-state index contributed by atoms with van der Waals surface area (Å²) in [5.41, 5.74) is 6.06. The van der Waals surface area contributed by atoms with Gasteiger partial charge in [0.15, 0.2) is 0 Å². The second kappa shape index (κ2) is 14.1. The minimum absolute atomic E-state index is 0. The Kier molecular flexibility index (Phi) is 16.8. The Balaban J connectivity index is -0.000000346. The summed E-state index contributed by atoms with van der Waals surface area (Å²) in [5, 5.41) is 0. The Morgan fingerprint density at radius 1 is 0.600 bits per heavy atom. The topological polar surface area (TPSA) is 0 Å². The van der Waals surface area contributed by atoms with Gasteiger partial charge in [-0.15, -0.1) is 0 Å². The van der Waals surface area contributed by atoms with Gasteiger partial charge in [0.05, 0.1) is 0 Å². The SMILES string of the molecule is CC(C)c1ccc[c-]1C(C)C.CC(C)c1ccc[c-]1C(C)C.[Cl-].[Cl-].[Ti+4]. The Morgan fingerprint density at radius 2 is 0.880 bits per heavy atom. The van der Waals surface area contributed by atoms with Gasteiger partial charge >= 0.3 is 21.7 Å². The molecule has 0 unspecified atom stereocenters. The first-order valence-corrected chi connectivity index (χ1v) is 8.76. The van der Waals surface area contributed by atoms with Crippen LogP contribution >= 0.6 is 0 Å². The van der Waals surface area contributed by atoms with Gasteiger partial charge in [-0.1, -0.05) is 67.2 Å². The monoisotopic (exact) mass is 416 g/mol. The van der Waals surface area contributed by atoms with Crippen molar-refractivity contribution in [2.75, 3.05) is 0 Å². The van der Waals surface area contributed by atoms with Crippen LogP contribution in [0.4, 0.5) is 0 Å². The molecule has 2 rings (SSSR count). The molecule has 25 heavy (non-hydrogen) atoms. The molecular formula is C22H34Cl2Ti. The summed E-state index contributed by atoms with van der Waals surface area (Å²) in [6.07, 6.45) is 0. The first-order chi connectivity index (χ1) is 10.3. The van der Waals surface area contributed by atoms with Crippen molar-refractivity contribution in [2.45, 2.75) is 79.1 Å². The zero-order valence-corrected chi connectivity index (χ0v) is 20.1. The van der Waals surface area contributed by atoms with E-state index in [1.54, 1.807) is 0 Å². The minimum atomic E-state index is 0. The summed E-state index contributed by atoms with van der Waals surface area (Å²) < 4.78 is 0. The predicted octanol–water partition coefficient (Wildman–Crippen LogP) is 1.31. The van der Waals surface area contributed by atoms with Crippen LogP contribution in [0.15, 0.2) is 36.4 Å². The van der Waals surface area contributed by atoms with Gasteiger partial charge in [0, 0.05) is 0 Å². The van der Waals surface area contributed by atoms with Crippen molar-refractivity contribution in [3.63, 3.8) is 0 Å². The third kappa shape index (κ3) is 8.96. The summed E-state index contributed by atoms with van der Waals surface area (Å²) in [7, 11) is 0. The molecule has 0 aliphatic rings. The molecule has 0 saturated carbocycles. The molecule has 2 aromatic rings. The van der Waals surface area contributed by atoms with E-state index in [1.165, 1.54) is 22.3 Å². The third-order valence-corrected chi connectivity index (χ3v) is 4.26. The number of halogens is 2. The van der Waals surface area contributed by atoms with Crippen LogP contribution in [0.1, 0.15) is 101 Å². The quantitative estimate of drug-likeness (QED) is 0.520. The van der Waals surface area contributed by atoms with Gasteiger partial charge in [-0.3, -0.25) is 0 Å². The van der Waals surface area contributed by atoms with Crippen LogP contribution in [0.5, 0.6) is 0 Å². The molecule has 0 heterocycles. The van der Waals surface area contributed by atoms with Crippen LogP contribution in [0.2, 0.25) is 0 Å². The van der Waals surface area contributed by atoms with Crippen molar-refractivity contribution in [2.24, 2.45) is 0 Å². The summed E-state index contributed by atoms with van der Waals surface area (Å²) in [6, 6.07) is 13.3. The maximum atomic E-state index is 2.25. The molecule has 0 fully saturated rings. The van der Waals surface area contributed by atoms with Crippen LogP contribution in [0.25, 0.3) is 0 Å². The van der Waals surface area contributed by atoms with Crippen molar-refractivity contribution in [1.29, 1.82) is 0 Å². The van der Waals surface area contributed by atoms with Crippen LogP contribution in [-0.2, 0) is 21.7 Å². The van der Waals surface area contributed by atoms with E-state index in [4.69, 9.17) is 0 Å². The zero-order chi connectivity index (χ0) is 16.9. The van der Waals surface area contributed by atoms with Crippen molar-refractivity contribution in [3.05, 3.63) is 58.7 Å². The van der Waals surface area contributed by atoms with E-state index in [0.717, 1.165) is 0 Å². The van der Waals surface area contributed by atoms with Gasteiger partial charge in [0.2, 0.25) is 0 Å². The summed E-state index contributed by atoms with van der Waals surface area (Å²) in [4.78, 5) is 0. The Morgan fingerprint density at radius 3 is 1.04 bits per heavy atom. The maximum absolute atomic E-state index is 2.25. The van der Waals surface area contributed by atoms with E-state index < -0.39 is 0 Å². The van der Waals surface area contributed by atoms with E-state index in [2.05, 4.69) is 91.8 Å². The molecule has 2 aromatic carbocycles. The molecule has 0 aromatic heterocycles. The maximum Gasteiger partial charge on any atom is 4.00 e. The molecule has 0 amide bonds. The summed E-state index contributed by atoms with van der Waals surface area (Å²) >= 11 is 0. The number of hydrogen-bond donors (Lipinski definition) is 0. The molecule has 3 heteroatoms. The molecule has 0 atom stereocenters. The van der Waals surface area contributed by atoms with Gasteiger partial charge in [-0.25, -0.2) is 24.3 Å². The normalized spacial score (nSPS) is 10.1. The third-order valence-electron chi connectivity index (χ3n) is 4.26. The van der Waals surface area contributed by atoms with Crippen LogP contribution < -0.4 is 24.8 Å². The fourth-order valence-electron chi connectivity index (χ4n) is 3.00. The van der Waals surface area contributed by atoms with Crippen molar-refractivity contribution in [3.8, 4) is 0 Å². The van der Waals surface area contributed by atoms with Crippen LogP contribution in [-0.4, -0.2) is 0 Å². The molecule has 0 radical (unpaired) electrons. The molecule has 0 bridgehead atoms. The molecular weight excluding hydrogens is 383 g/mol. The Labute approximate surface area is 183 Å². The molecule has 0 saturated heterocycles. The molecule has 140 valence electrons. The van der Waals surface area contributed by atoms with E-state index in [1.807, 2.05) is 0 Å². The van der Waals surface area contributed by atoms with E-state index in [0.29, 0.717) is 23.7 Å². The van der Waals surface area contributed by atoms with Crippen molar-refractivity contribution < 1.29 is 46.5 Å². The van der Waals surface area contributed by atoms with Gasteiger partial charge in [-0.05, 0) is 11.8 Å². The molecule has 0 aliphatic carbocycles. The Hall–Kier alpha value is -0.00571. The number of rotatable bonds is 4. The number of hydrogen-bond acceptors (Lipinski definition) is 0. The summed E-state index contributed by atoms with van der Waals surface area (Å²) in [6.45, 7) is 18.0. The van der Waals surface area contributed by atoms with Gasteiger partial charge < -0.3 is 24.8 Å². The fraction of sp³-hybridized carbons (Fsp3) is 0.545. The van der Waals surface area contributed by atoms with E-state index in [-0.39, 0.29) is 46.5 Å². The average Bonchev–Trinajstić information content (AvgIpc) is 3.08. The zero-order valence-electron chi connectivity index (χ0n) is 17.0. The Bertz CT molecular complexity index is 453. The van der Waals surface area contributed by atoms with Gasteiger partial charge in [0.1, 0.15) is 0 Å². The predicted molar refractivity (Wildman–Crippen MR) is 100 cm³/mol. The largest absolute Gasteiger partial charge is 4.00 e. The van der Waals surface area contributed by atoms with Crippen LogP contribution in [0, 0.1) is 0 Å². The molecule has 0 aliphatic heterocycles. The van der Waals surface area contributed by atoms with E-state index in [9.17, 15) is 0 Å². The molecule has 0 spiro atoms. The fourth-order valence-corrected chi connectivity index (χ4v) is 3.00. The minimum Gasteiger partial charge on any atom is -1.00 e. The van der Waals surface area contributed by atoms with Crippen molar-refractivity contribution in [1.82, 2.24) is 0 Å². The van der Waals surface area contributed by atoms with Crippen molar-refractivity contribution >= 4 is 0 Å².